The Kier molecular flexibility index (Phi) is 8.15. The van der Waals surface area contributed by atoms with Crippen LogP contribution in [0.3, 0.4) is 0 Å². The van der Waals surface area contributed by atoms with Crippen LogP contribution in [0.1, 0.15) is 16.7 Å². The van der Waals surface area contributed by atoms with Gasteiger partial charge >= 0.3 is 0 Å². The number of allylic oxidation sites excluding steroid dienone is 1. The molecule has 0 aliphatic carbocycles. The maximum Gasteiger partial charge on any atom is 0.264 e. The van der Waals surface area contributed by atoms with Crippen molar-refractivity contribution in [3.8, 4) is 11.8 Å². The van der Waals surface area contributed by atoms with Crippen LogP contribution in [0.5, 0.6) is 5.75 Å². The molecule has 0 saturated carbocycles. The first-order valence-corrected chi connectivity index (χ1v) is 11.9. The Labute approximate surface area is 211 Å². The predicted octanol–water partition coefficient (Wildman–Crippen LogP) is 5.39. The topological polar surface area (TPSA) is 56.6 Å². The summed E-state index contributed by atoms with van der Waals surface area (Å²) in [7, 11) is 0. The van der Waals surface area contributed by atoms with E-state index in [1.54, 1.807) is 47.4 Å². The minimum Gasteiger partial charge on any atom is -0.489 e. The number of carbonyl (C=O) groups excluding carboxylic acids is 1. The van der Waals surface area contributed by atoms with Gasteiger partial charge in [0.25, 0.3) is 5.91 Å². The molecule has 0 aromatic heterocycles. The molecule has 1 aliphatic heterocycles. The van der Waals surface area contributed by atoms with Crippen molar-refractivity contribution in [1.29, 1.82) is 5.26 Å². The van der Waals surface area contributed by atoms with Gasteiger partial charge in [0, 0.05) is 37.4 Å². The molecular formula is C30H28FN3O2. The fourth-order valence-electron chi connectivity index (χ4n) is 4.20. The quantitative estimate of drug-likeness (QED) is 0.246. The maximum absolute atomic E-state index is 14.0. The number of nitrogens with zero attached hydrogens (tertiary/aromatic N) is 3. The zero-order chi connectivity index (χ0) is 25.3. The molecule has 0 unspecified atom stereocenters. The van der Waals surface area contributed by atoms with Gasteiger partial charge in [-0.15, -0.1) is 6.58 Å². The van der Waals surface area contributed by atoms with Gasteiger partial charge in [0.2, 0.25) is 0 Å². The van der Waals surface area contributed by atoms with Gasteiger partial charge in [-0.1, -0.05) is 48.5 Å². The first-order chi connectivity index (χ1) is 17.6. The standard InChI is InChI=1S/C30H28FN3O2/c1-2-8-24-19-23(13-14-29(24)36-22-25-9-6-7-12-28(25)31)20-26(21-32)30(35)34-17-15-33(16-18-34)27-10-4-3-5-11-27/h2-7,9-14,19-20H,1,8,15-18,22H2/b26-20-. The van der Waals surface area contributed by atoms with E-state index in [9.17, 15) is 14.4 Å². The van der Waals surface area contributed by atoms with E-state index in [-0.39, 0.29) is 23.9 Å². The zero-order valence-electron chi connectivity index (χ0n) is 20.1. The van der Waals surface area contributed by atoms with E-state index in [1.165, 1.54) is 6.07 Å². The van der Waals surface area contributed by atoms with Crippen molar-refractivity contribution in [2.75, 3.05) is 31.1 Å². The van der Waals surface area contributed by atoms with Gasteiger partial charge in [-0.05, 0) is 54.0 Å². The van der Waals surface area contributed by atoms with Gasteiger partial charge in [0.15, 0.2) is 0 Å². The zero-order valence-corrected chi connectivity index (χ0v) is 20.1. The molecule has 3 aromatic rings. The van der Waals surface area contributed by atoms with Gasteiger partial charge in [-0.3, -0.25) is 4.79 Å². The van der Waals surface area contributed by atoms with Crippen molar-refractivity contribution >= 4 is 17.7 Å². The van der Waals surface area contributed by atoms with E-state index in [2.05, 4.69) is 29.7 Å². The molecule has 1 heterocycles. The molecule has 1 aliphatic rings. The number of benzene rings is 3. The van der Waals surface area contributed by atoms with E-state index in [1.807, 2.05) is 24.3 Å². The third kappa shape index (κ3) is 6.00. The molecule has 3 aromatic carbocycles. The molecule has 5 nitrogen and oxygen atoms in total. The maximum atomic E-state index is 14.0. The number of piperazine rings is 1. The van der Waals surface area contributed by atoms with Crippen LogP contribution in [0, 0.1) is 17.1 Å². The molecular weight excluding hydrogens is 453 g/mol. The van der Waals surface area contributed by atoms with Crippen LogP contribution in [-0.2, 0) is 17.8 Å². The number of nitriles is 1. The fourth-order valence-corrected chi connectivity index (χ4v) is 4.20. The Balaban J connectivity index is 1.45. The molecule has 0 bridgehead atoms. The van der Waals surface area contributed by atoms with E-state index < -0.39 is 0 Å². The molecule has 36 heavy (non-hydrogen) atoms. The fraction of sp³-hybridized carbons (Fsp3) is 0.200. The van der Waals surface area contributed by atoms with Gasteiger partial charge in [0.1, 0.15) is 29.8 Å². The first-order valence-electron chi connectivity index (χ1n) is 11.9. The molecule has 4 rings (SSSR count). The largest absolute Gasteiger partial charge is 0.489 e. The van der Waals surface area contributed by atoms with Gasteiger partial charge in [0.05, 0.1) is 0 Å². The summed E-state index contributed by atoms with van der Waals surface area (Å²) >= 11 is 0. The molecule has 0 spiro atoms. The molecule has 0 N–H and O–H groups in total. The number of hydrogen-bond donors (Lipinski definition) is 0. The van der Waals surface area contributed by atoms with E-state index in [0.29, 0.717) is 43.9 Å². The van der Waals surface area contributed by atoms with Crippen molar-refractivity contribution < 1.29 is 13.9 Å². The number of carbonyl (C=O) groups is 1. The van der Waals surface area contributed by atoms with Crippen LogP contribution in [0.4, 0.5) is 10.1 Å². The minimum absolute atomic E-state index is 0.0905. The van der Waals surface area contributed by atoms with Gasteiger partial charge in [-0.2, -0.15) is 5.26 Å². The summed E-state index contributed by atoms with van der Waals surface area (Å²) < 4.78 is 19.8. The van der Waals surface area contributed by atoms with E-state index in [0.717, 1.165) is 16.8 Å². The molecule has 1 saturated heterocycles. The summed E-state index contributed by atoms with van der Waals surface area (Å²) in [6.45, 7) is 6.44. The minimum atomic E-state index is -0.316. The molecule has 182 valence electrons. The summed E-state index contributed by atoms with van der Waals surface area (Å²) in [5.74, 6) is 0.0247. The normalized spacial score (nSPS) is 13.7. The number of amides is 1. The number of halogens is 1. The Hall–Kier alpha value is -4.37. The average molecular weight is 482 g/mol. The SMILES string of the molecule is C=CCc1cc(/C=C(/C#N)C(=O)N2CCN(c3ccccc3)CC2)ccc1OCc1ccccc1F. The monoisotopic (exact) mass is 481 g/mol. The molecule has 1 fully saturated rings. The van der Waals surface area contributed by atoms with Crippen molar-refractivity contribution in [3.63, 3.8) is 0 Å². The predicted molar refractivity (Wildman–Crippen MR) is 140 cm³/mol. The highest BCUT2D eigenvalue weighted by molar-refractivity contribution is 6.01. The lowest BCUT2D eigenvalue weighted by atomic mass is 10.0. The summed E-state index contributed by atoms with van der Waals surface area (Å²) in [5, 5.41) is 9.73. The van der Waals surface area contributed by atoms with Gasteiger partial charge in [-0.25, -0.2) is 4.39 Å². The van der Waals surface area contributed by atoms with Crippen LogP contribution >= 0.6 is 0 Å². The second-order valence-electron chi connectivity index (χ2n) is 8.52. The number of anilines is 1. The highest BCUT2D eigenvalue weighted by Gasteiger charge is 2.24. The summed E-state index contributed by atoms with van der Waals surface area (Å²) in [6.07, 6.45) is 3.89. The average Bonchev–Trinajstić information content (AvgIpc) is 2.92. The lowest BCUT2D eigenvalue weighted by Gasteiger charge is -2.36. The molecule has 0 radical (unpaired) electrons. The van der Waals surface area contributed by atoms with Crippen molar-refractivity contribution in [1.82, 2.24) is 4.90 Å². The number of ether oxygens (including phenoxy) is 1. The van der Waals surface area contributed by atoms with E-state index >= 15 is 0 Å². The smallest absolute Gasteiger partial charge is 0.264 e. The third-order valence-corrected chi connectivity index (χ3v) is 6.14. The molecule has 0 atom stereocenters. The van der Waals surface area contributed by atoms with Crippen LogP contribution < -0.4 is 9.64 Å². The third-order valence-electron chi connectivity index (χ3n) is 6.14. The molecule has 1 amide bonds. The van der Waals surface area contributed by atoms with Crippen LogP contribution in [0.15, 0.2) is 91.0 Å². The lowest BCUT2D eigenvalue weighted by Crippen LogP contribution is -2.49. The van der Waals surface area contributed by atoms with Crippen LogP contribution in [0.2, 0.25) is 0 Å². The van der Waals surface area contributed by atoms with Crippen LogP contribution in [0.25, 0.3) is 6.08 Å². The highest BCUT2D eigenvalue weighted by Crippen LogP contribution is 2.25. The van der Waals surface area contributed by atoms with E-state index in [4.69, 9.17) is 4.74 Å². The van der Waals surface area contributed by atoms with Crippen LogP contribution in [-0.4, -0.2) is 37.0 Å². The Morgan fingerprint density at radius 3 is 2.42 bits per heavy atom. The summed E-state index contributed by atoms with van der Waals surface area (Å²) in [6, 6.07) is 24.1. The number of hydrogen-bond acceptors (Lipinski definition) is 4. The van der Waals surface area contributed by atoms with Crippen molar-refractivity contribution in [2.24, 2.45) is 0 Å². The first kappa shape index (κ1) is 24.7. The summed E-state index contributed by atoms with van der Waals surface area (Å²) in [5.41, 5.74) is 3.26. The second kappa shape index (κ2) is 11.9. The Morgan fingerprint density at radius 2 is 1.72 bits per heavy atom. The number of para-hydroxylation sites is 1. The lowest BCUT2D eigenvalue weighted by molar-refractivity contribution is -0.126. The second-order valence-corrected chi connectivity index (χ2v) is 8.52. The van der Waals surface area contributed by atoms with Gasteiger partial charge < -0.3 is 14.5 Å². The summed E-state index contributed by atoms with van der Waals surface area (Å²) in [4.78, 5) is 17.1. The highest BCUT2D eigenvalue weighted by atomic mass is 19.1. The van der Waals surface area contributed by atoms with Crippen molar-refractivity contribution in [2.45, 2.75) is 13.0 Å². The number of rotatable bonds is 8. The Bertz CT molecular complexity index is 1290. The van der Waals surface area contributed by atoms with Crippen molar-refractivity contribution in [3.05, 3.63) is 114 Å². The Morgan fingerprint density at radius 1 is 1.00 bits per heavy atom. The molecule has 6 heteroatoms.